The fourth-order valence-electron chi connectivity index (χ4n) is 15.0. The molecule has 20 heteroatoms. The van der Waals surface area contributed by atoms with Crippen molar-refractivity contribution in [2.24, 2.45) is 0 Å². The van der Waals surface area contributed by atoms with Crippen molar-refractivity contribution < 1.29 is 76.8 Å². The Morgan fingerprint density at radius 1 is 0.427 bits per heavy atom. The molecule has 2 atom stereocenters. The van der Waals surface area contributed by atoms with E-state index in [2.05, 4.69) is 257 Å². The number of likely N-dealkylation sites (N-methyl/N-ethyl adjacent to an activating group) is 2. The van der Waals surface area contributed by atoms with Gasteiger partial charge in [-0.1, -0.05) is 146 Å². The van der Waals surface area contributed by atoms with Crippen LogP contribution in [0.25, 0.3) is 21.5 Å². The minimum Gasteiger partial charge on any atom is -0.347 e. The first-order valence-corrected chi connectivity index (χ1v) is 33.4. The lowest BCUT2D eigenvalue weighted by atomic mass is 9.76. The highest BCUT2D eigenvalue weighted by atomic mass is 35.7. The van der Waals surface area contributed by atoms with Crippen molar-refractivity contribution >= 4 is 67.1 Å². The summed E-state index contributed by atoms with van der Waals surface area (Å²) in [5.74, 6) is 0. The topological polar surface area (TPSA) is 283 Å². The molecule has 0 amide bonds. The number of non-ortho nitro benzene ring substituents is 2. The minimum absolute atomic E-state index is 0.0933. The van der Waals surface area contributed by atoms with E-state index in [1.807, 2.05) is 24.3 Å². The van der Waals surface area contributed by atoms with E-state index in [0.717, 1.165) is 45.0 Å². The Morgan fingerprint density at radius 3 is 1.10 bits per heavy atom. The zero-order chi connectivity index (χ0) is 68.9. The van der Waals surface area contributed by atoms with E-state index in [1.54, 1.807) is 24.3 Å². The van der Waals surface area contributed by atoms with Crippen LogP contribution in [-0.4, -0.2) is 44.5 Å². The summed E-state index contributed by atoms with van der Waals surface area (Å²) in [6, 6.07) is 66.9. The molecule has 0 radical (unpaired) electrons. The van der Waals surface area contributed by atoms with Gasteiger partial charge in [0.05, 0.1) is 20.7 Å². The predicted molar refractivity (Wildman–Crippen MR) is 350 cm³/mol. The van der Waals surface area contributed by atoms with Crippen molar-refractivity contribution in [1.29, 1.82) is 0 Å². The molecule has 9 aromatic carbocycles. The number of rotatable bonds is 14. The molecule has 4 heterocycles. The van der Waals surface area contributed by atoms with Gasteiger partial charge in [-0.2, -0.15) is 9.15 Å². The van der Waals surface area contributed by atoms with Crippen LogP contribution in [-0.2, 0) is 47.6 Å². The van der Waals surface area contributed by atoms with E-state index >= 15 is 0 Å². The Kier molecular flexibility index (Phi) is 18.5. The molecule has 13 rings (SSSR count). The molecule has 0 N–H and O–H groups in total. The summed E-state index contributed by atoms with van der Waals surface area (Å²) in [6.07, 6.45) is 14.8. The summed E-state index contributed by atoms with van der Waals surface area (Å²) in [5, 5.41) is 29.2. The van der Waals surface area contributed by atoms with Crippen molar-refractivity contribution in [1.82, 2.24) is 0 Å². The first kappa shape index (κ1) is 67.9. The lowest BCUT2D eigenvalue weighted by Gasteiger charge is -2.29. The third kappa shape index (κ3) is 13.5. The highest BCUT2D eigenvalue weighted by Gasteiger charge is 2.49. The first-order valence-electron chi connectivity index (χ1n) is 30.9. The van der Waals surface area contributed by atoms with Crippen LogP contribution in [0.15, 0.2) is 242 Å². The molecule has 4 aliphatic rings. The van der Waals surface area contributed by atoms with Crippen molar-refractivity contribution in [3.63, 3.8) is 0 Å². The van der Waals surface area contributed by atoms with Gasteiger partial charge in [-0.3, -0.25) is 20.2 Å². The van der Waals surface area contributed by atoms with E-state index < -0.39 is 31.3 Å². The molecule has 2 unspecified atom stereocenters. The van der Waals surface area contributed by atoms with Crippen LogP contribution in [0.4, 0.5) is 34.1 Å². The number of halogens is 2. The zero-order valence-corrected chi connectivity index (χ0v) is 55.6. The monoisotopic (exact) mass is 1330 g/mol. The molecule has 0 bridgehead atoms. The van der Waals surface area contributed by atoms with Crippen molar-refractivity contribution in [3.8, 4) is 0 Å². The van der Waals surface area contributed by atoms with E-state index in [4.69, 9.17) is 37.3 Å². The Bertz CT molecular complexity index is 4420. The Hall–Kier alpha value is -9.54. The van der Waals surface area contributed by atoms with Gasteiger partial charge in [-0.25, -0.2) is 37.3 Å². The molecule has 9 aromatic rings. The van der Waals surface area contributed by atoms with Crippen LogP contribution in [0.3, 0.4) is 0 Å². The molecule has 4 aliphatic heterocycles. The highest BCUT2D eigenvalue weighted by Crippen LogP contribution is 2.53. The van der Waals surface area contributed by atoms with Gasteiger partial charge in [0.15, 0.2) is 24.5 Å². The number of nitrogens with zero attached hydrogens (tertiary/aromatic N) is 6. The minimum atomic E-state index is -4.94. The van der Waals surface area contributed by atoms with Gasteiger partial charge in [0.2, 0.25) is 11.4 Å². The van der Waals surface area contributed by atoms with E-state index in [-0.39, 0.29) is 32.1 Å². The Labute approximate surface area is 560 Å². The largest absolute Gasteiger partial charge is 0.347 e. The summed E-state index contributed by atoms with van der Waals surface area (Å²) in [4.78, 5) is 28.1. The maximum atomic E-state index is 12.2. The van der Waals surface area contributed by atoms with E-state index in [1.165, 1.54) is 66.6 Å². The van der Waals surface area contributed by atoms with Gasteiger partial charge in [0.1, 0.15) is 0 Å². The lowest BCUT2D eigenvalue weighted by Crippen LogP contribution is -2.68. The molecule has 0 aliphatic carbocycles. The van der Waals surface area contributed by atoms with Crippen molar-refractivity contribution in [2.75, 3.05) is 23.9 Å². The SMILES string of the molecule is CN1/C(=C/C=C/C2=[N+](Cc3ccc(C[N+]4=C(/C=C/C=C5/N(C)c6ccc([N+](=O)[O-])cc6C5(C)Cc5ccccc5)C(C)(C)c5c4ccc4ccccc54)cc3)c3ccc4ccccc4c3C2(C)C)C(C)(Cc2ccccc2)c2cc([N+](=O)[O-])ccc21.[O-][Cl+3]([O-])([O-])[O-].[O-][Cl+3]([O-])([O-])[O-]. The molecule has 18 nitrogen and oxygen atoms in total. The lowest BCUT2D eigenvalue weighted by molar-refractivity contribution is -2.00. The van der Waals surface area contributed by atoms with Crippen LogP contribution >= 0.6 is 0 Å². The van der Waals surface area contributed by atoms with Crippen LogP contribution < -0.4 is 47.1 Å². The standard InChI is InChI=1S/C76H70N6O4.2ClHO4/c1-73(2)67(29-19-31-69-75(5,47-51-21-11-9-12-22-51)61-45-57(81(83)84)39-43-63(61)77(69)7)79(65-41-37-55-25-15-17-27-59(55)71(65)73)49-53-33-35-54(36-34-53)50-80-66-42-38-56-26-16-18-28-60(56)72(66)74(3,4)68(80)30-20-32-70-76(6,48-52-23-13-10-14-24-52)62-46-58(82(85)86)40-44-64(62)78(70)8;2*2-1(3,4)5/h9-46H,47-50H2,1-8H3;2*(H,2,3,4,5)/q+2;;/p-2. The number of fused-ring (bicyclic) bond motifs is 8. The fourth-order valence-corrected chi connectivity index (χ4v) is 15.0. The number of hydrogen-bond acceptors (Lipinski definition) is 14. The molecule has 0 fully saturated rings. The third-order valence-corrected chi connectivity index (χ3v) is 19.2. The van der Waals surface area contributed by atoms with E-state index in [9.17, 15) is 20.2 Å². The number of benzene rings is 9. The highest BCUT2D eigenvalue weighted by molar-refractivity contribution is 6.09. The summed E-state index contributed by atoms with van der Waals surface area (Å²) in [6.45, 7) is 15.1. The summed E-state index contributed by atoms with van der Waals surface area (Å²) >= 11 is 0. The fraction of sp³-hybridized carbons (Fsp3) is 0.211. The van der Waals surface area contributed by atoms with Crippen molar-refractivity contribution in [3.05, 3.63) is 307 Å². The van der Waals surface area contributed by atoms with Gasteiger partial charge in [-0.15, -0.1) is 20.5 Å². The summed E-state index contributed by atoms with van der Waals surface area (Å²) < 4.78 is 72.9. The van der Waals surface area contributed by atoms with Gasteiger partial charge >= 0.3 is 0 Å². The number of nitro groups is 2. The Balaban J connectivity index is 0.000000873. The molecular weight excluding hydrogens is 1260 g/mol. The third-order valence-electron chi connectivity index (χ3n) is 19.2. The summed E-state index contributed by atoms with van der Waals surface area (Å²) in [5.41, 5.74) is 16.4. The van der Waals surface area contributed by atoms with Crippen LogP contribution in [0, 0.1) is 40.7 Å². The average molecular weight is 1330 g/mol. The second-order valence-electron chi connectivity index (χ2n) is 26.0. The molecule has 96 heavy (non-hydrogen) atoms. The van der Waals surface area contributed by atoms with Crippen LogP contribution in [0.5, 0.6) is 0 Å². The average Bonchev–Trinajstić information content (AvgIpc) is 1.58. The Morgan fingerprint density at radius 2 is 0.760 bits per heavy atom. The first-order chi connectivity index (χ1) is 45.4. The molecular formula is C76H70Cl2N6O12. The van der Waals surface area contributed by atoms with Gasteiger partial charge < -0.3 is 9.80 Å². The van der Waals surface area contributed by atoms with Crippen LogP contribution in [0.2, 0.25) is 0 Å². The maximum Gasteiger partial charge on any atom is 0.269 e. The normalized spacial score (nSPS) is 19.2. The second-order valence-corrected chi connectivity index (χ2v) is 27.5. The van der Waals surface area contributed by atoms with Crippen LogP contribution in [0.1, 0.15) is 86.1 Å². The number of hydrogen-bond donors (Lipinski definition) is 0. The number of allylic oxidation sites excluding steroid dienone is 8. The van der Waals surface area contributed by atoms with E-state index in [0.29, 0.717) is 25.9 Å². The number of nitro benzene ring substituents is 2. The van der Waals surface area contributed by atoms with Gasteiger partial charge in [0.25, 0.3) is 11.4 Å². The quantitative estimate of drug-likeness (QED) is 0.0575. The predicted octanol–water partition coefficient (Wildman–Crippen LogP) is 7.63. The van der Waals surface area contributed by atoms with Gasteiger partial charge in [-0.05, 0) is 135 Å². The van der Waals surface area contributed by atoms with Gasteiger partial charge in [0, 0.05) is 118 Å². The number of anilines is 2. The molecule has 0 saturated carbocycles. The molecule has 0 aromatic heterocycles. The maximum absolute atomic E-state index is 12.2. The zero-order valence-electron chi connectivity index (χ0n) is 54.1. The molecule has 490 valence electrons. The molecule has 0 saturated heterocycles. The molecule has 0 spiro atoms. The summed E-state index contributed by atoms with van der Waals surface area (Å²) in [7, 11) is -5.75. The second kappa shape index (κ2) is 26.2. The smallest absolute Gasteiger partial charge is 0.269 e. The van der Waals surface area contributed by atoms with Crippen molar-refractivity contribution in [2.45, 2.75) is 89.1 Å².